The Kier molecular flexibility index (Phi) is 3.37. The molecule has 3 nitrogen and oxygen atoms in total. The summed E-state index contributed by atoms with van der Waals surface area (Å²) in [6.07, 6.45) is 9.37. The lowest BCUT2D eigenvalue weighted by Crippen LogP contribution is -2.09. The van der Waals surface area contributed by atoms with Crippen LogP contribution in [0.3, 0.4) is 0 Å². The molecule has 2 atom stereocenters. The van der Waals surface area contributed by atoms with Crippen molar-refractivity contribution >= 4 is 11.6 Å². The van der Waals surface area contributed by atoms with Gasteiger partial charge in [-0.1, -0.05) is 41.9 Å². The predicted octanol–water partition coefficient (Wildman–Crippen LogP) is 4.47. The molecule has 0 aromatic heterocycles. The van der Waals surface area contributed by atoms with Gasteiger partial charge in [0.1, 0.15) is 0 Å². The molecule has 16 heavy (non-hydrogen) atoms. The lowest BCUT2D eigenvalue weighted by molar-refractivity contribution is 0.585. The van der Waals surface area contributed by atoms with Crippen molar-refractivity contribution in [2.24, 2.45) is 11.0 Å². The fourth-order valence-electron chi connectivity index (χ4n) is 2.37. The van der Waals surface area contributed by atoms with Crippen molar-refractivity contribution in [1.29, 1.82) is 0 Å². The molecular weight excluding hydrogens is 222 g/mol. The molecule has 0 saturated carbocycles. The van der Waals surface area contributed by atoms with Crippen LogP contribution in [0.1, 0.15) is 26.2 Å². The zero-order valence-corrected chi connectivity index (χ0v) is 9.98. The van der Waals surface area contributed by atoms with Crippen LogP contribution in [0.15, 0.2) is 39.5 Å². The van der Waals surface area contributed by atoms with Crippen LogP contribution in [-0.4, -0.2) is 6.04 Å². The Balaban J connectivity index is 2.14. The Labute approximate surface area is 100 Å². The number of allylic oxidation sites excluding steroid dienone is 6. The van der Waals surface area contributed by atoms with Gasteiger partial charge in [0, 0.05) is 21.9 Å². The number of nitrogens with zero attached hydrogens (tertiary/aromatic N) is 3. The second kappa shape index (κ2) is 4.77. The molecule has 0 spiro atoms. The number of halogens is 1. The molecule has 0 bridgehead atoms. The summed E-state index contributed by atoms with van der Waals surface area (Å²) >= 11 is 6.23. The fraction of sp³-hybridized carbons (Fsp3) is 0.500. The predicted molar refractivity (Wildman–Crippen MR) is 66.1 cm³/mol. The van der Waals surface area contributed by atoms with Crippen molar-refractivity contribution in [3.63, 3.8) is 0 Å². The van der Waals surface area contributed by atoms with E-state index in [9.17, 15) is 0 Å². The maximum absolute atomic E-state index is 8.39. The largest absolute Gasteiger partial charge is 0.0909 e. The molecular formula is C12H14ClN3. The molecule has 0 amide bonds. The molecule has 0 N–H and O–H groups in total. The van der Waals surface area contributed by atoms with Gasteiger partial charge < -0.3 is 0 Å². The second-order valence-electron chi connectivity index (χ2n) is 4.28. The van der Waals surface area contributed by atoms with Gasteiger partial charge in [0.05, 0.1) is 0 Å². The van der Waals surface area contributed by atoms with Crippen LogP contribution >= 0.6 is 11.6 Å². The SMILES string of the molecule is C[C@@H](CC1C=CC2=C1C(Cl)=CCC2)N=[N+]=[N-]. The van der Waals surface area contributed by atoms with E-state index in [1.54, 1.807) is 0 Å². The summed E-state index contributed by atoms with van der Waals surface area (Å²) in [6, 6.07) is 0.0119. The highest BCUT2D eigenvalue weighted by Gasteiger charge is 2.25. The van der Waals surface area contributed by atoms with E-state index in [4.69, 9.17) is 17.1 Å². The molecule has 0 heterocycles. The third-order valence-corrected chi connectivity index (χ3v) is 3.44. The number of hydrogen-bond donors (Lipinski definition) is 0. The van der Waals surface area contributed by atoms with Crippen LogP contribution in [0, 0.1) is 5.92 Å². The summed E-state index contributed by atoms with van der Waals surface area (Å²) in [6.45, 7) is 1.94. The third-order valence-electron chi connectivity index (χ3n) is 3.08. The summed E-state index contributed by atoms with van der Waals surface area (Å²) in [4.78, 5) is 2.84. The summed E-state index contributed by atoms with van der Waals surface area (Å²) in [5.41, 5.74) is 11.0. The quantitative estimate of drug-likeness (QED) is 0.394. The third kappa shape index (κ3) is 2.16. The van der Waals surface area contributed by atoms with Crippen molar-refractivity contribution < 1.29 is 0 Å². The van der Waals surface area contributed by atoms with Gasteiger partial charge in [0.25, 0.3) is 0 Å². The van der Waals surface area contributed by atoms with Gasteiger partial charge in [0.2, 0.25) is 0 Å². The van der Waals surface area contributed by atoms with Gasteiger partial charge in [0.15, 0.2) is 0 Å². The van der Waals surface area contributed by atoms with Gasteiger partial charge in [-0.2, -0.15) is 0 Å². The molecule has 4 heteroatoms. The van der Waals surface area contributed by atoms with Crippen molar-refractivity contribution in [2.45, 2.75) is 32.2 Å². The van der Waals surface area contributed by atoms with Crippen LogP contribution in [0.2, 0.25) is 0 Å². The number of hydrogen-bond acceptors (Lipinski definition) is 1. The van der Waals surface area contributed by atoms with E-state index in [-0.39, 0.29) is 6.04 Å². The molecule has 84 valence electrons. The fourth-order valence-corrected chi connectivity index (χ4v) is 2.74. The van der Waals surface area contributed by atoms with Gasteiger partial charge in [-0.15, -0.1) is 0 Å². The zero-order valence-electron chi connectivity index (χ0n) is 9.23. The standard InChI is InChI=1S/C12H14ClN3/c1-8(15-16-14)7-10-6-5-9-3-2-4-11(13)12(9)10/h4-6,8,10H,2-3,7H2,1H3/t8-,10?/m0/s1. The molecule has 0 aliphatic heterocycles. The maximum Gasteiger partial charge on any atom is 0.0407 e. The van der Waals surface area contributed by atoms with Crippen LogP contribution in [0.4, 0.5) is 0 Å². The van der Waals surface area contributed by atoms with Gasteiger partial charge >= 0.3 is 0 Å². The van der Waals surface area contributed by atoms with E-state index in [0.717, 1.165) is 24.3 Å². The highest BCUT2D eigenvalue weighted by Crippen LogP contribution is 2.40. The average molecular weight is 236 g/mol. The molecule has 0 saturated heterocycles. The van der Waals surface area contributed by atoms with Crippen molar-refractivity contribution in [3.8, 4) is 0 Å². The lowest BCUT2D eigenvalue weighted by Gasteiger charge is -2.19. The minimum absolute atomic E-state index is 0.0119. The first-order valence-corrected chi connectivity index (χ1v) is 5.91. The first kappa shape index (κ1) is 11.3. The first-order chi connectivity index (χ1) is 7.72. The van der Waals surface area contributed by atoms with E-state index in [1.165, 1.54) is 11.1 Å². The first-order valence-electron chi connectivity index (χ1n) is 5.54. The van der Waals surface area contributed by atoms with E-state index in [0.29, 0.717) is 5.92 Å². The lowest BCUT2D eigenvalue weighted by atomic mass is 9.90. The van der Waals surface area contributed by atoms with Crippen molar-refractivity contribution in [1.82, 2.24) is 0 Å². The maximum atomic E-state index is 8.39. The monoisotopic (exact) mass is 235 g/mol. The summed E-state index contributed by atoms with van der Waals surface area (Å²) in [5.74, 6) is 0.319. The second-order valence-corrected chi connectivity index (χ2v) is 4.69. The highest BCUT2D eigenvalue weighted by atomic mass is 35.5. The zero-order chi connectivity index (χ0) is 11.5. The Morgan fingerprint density at radius 2 is 2.50 bits per heavy atom. The molecule has 2 aliphatic carbocycles. The number of rotatable bonds is 3. The minimum atomic E-state index is 0.0119. The van der Waals surface area contributed by atoms with E-state index in [2.05, 4.69) is 28.3 Å². The molecule has 0 aromatic rings. The topological polar surface area (TPSA) is 48.8 Å². The highest BCUT2D eigenvalue weighted by molar-refractivity contribution is 6.32. The van der Waals surface area contributed by atoms with Crippen molar-refractivity contribution in [2.75, 3.05) is 0 Å². The van der Waals surface area contributed by atoms with E-state index >= 15 is 0 Å². The number of azide groups is 1. The molecule has 2 rings (SSSR count). The summed E-state index contributed by atoms with van der Waals surface area (Å²) in [7, 11) is 0. The Morgan fingerprint density at radius 1 is 1.69 bits per heavy atom. The smallest absolute Gasteiger partial charge is 0.0407 e. The van der Waals surface area contributed by atoms with E-state index < -0.39 is 0 Å². The van der Waals surface area contributed by atoms with Gasteiger partial charge in [-0.25, -0.2) is 0 Å². The molecule has 2 aliphatic rings. The Bertz CT molecular complexity index is 428. The minimum Gasteiger partial charge on any atom is -0.0909 e. The van der Waals surface area contributed by atoms with Crippen LogP contribution in [0.25, 0.3) is 10.4 Å². The average Bonchev–Trinajstić information content (AvgIpc) is 2.63. The molecule has 1 unspecified atom stereocenters. The van der Waals surface area contributed by atoms with E-state index in [1.807, 2.05) is 6.92 Å². The van der Waals surface area contributed by atoms with Gasteiger partial charge in [-0.3, -0.25) is 0 Å². The summed E-state index contributed by atoms with van der Waals surface area (Å²) < 4.78 is 0. The Morgan fingerprint density at radius 3 is 3.25 bits per heavy atom. The summed E-state index contributed by atoms with van der Waals surface area (Å²) in [5, 5.41) is 4.59. The Hall–Kier alpha value is -1.18. The molecule has 0 radical (unpaired) electrons. The normalized spacial score (nSPS) is 24.9. The van der Waals surface area contributed by atoms with Crippen LogP contribution in [-0.2, 0) is 0 Å². The van der Waals surface area contributed by atoms with Crippen molar-refractivity contribution in [3.05, 3.63) is 44.8 Å². The molecule has 0 aromatic carbocycles. The van der Waals surface area contributed by atoms with Gasteiger partial charge in [-0.05, 0) is 35.9 Å². The van der Waals surface area contributed by atoms with Crippen LogP contribution < -0.4 is 0 Å². The van der Waals surface area contributed by atoms with Crippen LogP contribution in [0.5, 0.6) is 0 Å². The molecule has 0 fully saturated rings.